The fourth-order valence-electron chi connectivity index (χ4n) is 4.83. The normalized spacial score (nSPS) is 12.7. The number of hydrogen-bond donors (Lipinski definition) is 1. The van der Waals surface area contributed by atoms with Crippen molar-refractivity contribution in [2.75, 3.05) is 0 Å². The van der Waals surface area contributed by atoms with Crippen LogP contribution >= 0.6 is 0 Å². The van der Waals surface area contributed by atoms with Gasteiger partial charge in [0.25, 0.3) is 0 Å². The summed E-state index contributed by atoms with van der Waals surface area (Å²) in [6.45, 7) is 0. The van der Waals surface area contributed by atoms with E-state index in [1.165, 1.54) is 36.9 Å². The second kappa shape index (κ2) is 15.6. The van der Waals surface area contributed by atoms with Crippen molar-refractivity contribution in [2.24, 2.45) is 0 Å². The van der Waals surface area contributed by atoms with Gasteiger partial charge in [-0.2, -0.15) is 20.7 Å². The van der Waals surface area contributed by atoms with E-state index >= 15 is 0 Å². The number of hydrogen-bond acceptors (Lipinski definition) is 7. The molecule has 2 aromatic heterocycles. The maximum atomic E-state index is 13.0. The number of nitrogens with zero attached hydrogens (tertiary/aromatic N) is 8. The fourth-order valence-corrected chi connectivity index (χ4v) is 4.83. The Morgan fingerprint density at radius 3 is 1.66 bits per heavy atom. The summed E-state index contributed by atoms with van der Waals surface area (Å²) in [7, 11) is 0. The van der Waals surface area contributed by atoms with Gasteiger partial charge in [0.15, 0.2) is 0 Å². The predicted octanol–water partition coefficient (Wildman–Crippen LogP) is 6.59. The molecular formula is C36H28F2N8O. The van der Waals surface area contributed by atoms with Crippen molar-refractivity contribution in [1.82, 2.24) is 29.5 Å². The Balaban J connectivity index is 0.000000185. The van der Waals surface area contributed by atoms with Crippen molar-refractivity contribution in [3.05, 3.63) is 173 Å². The third kappa shape index (κ3) is 8.66. The lowest BCUT2D eigenvalue weighted by Crippen LogP contribution is -2.15. The summed E-state index contributed by atoms with van der Waals surface area (Å²) in [5, 5.41) is 36.7. The molecule has 0 spiro atoms. The second-order valence-corrected chi connectivity index (χ2v) is 10.4. The van der Waals surface area contributed by atoms with Gasteiger partial charge in [-0.1, -0.05) is 60.7 Å². The van der Waals surface area contributed by atoms with Crippen molar-refractivity contribution in [2.45, 2.75) is 24.6 Å². The predicted molar refractivity (Wildman–Crippen MR) is 170 cm³/mol. The lowest BCUT2D eigenvalue weighted by Gasteiger charge is -2.21. The SMILES string of the molecule is N#Cc1ccc(C(C=Cc2ccc(F)cc2)n2cncn2)cc1.N#Cc1ccc(C(CC(O)c2ccc(F)cc2)n2cncn2)cc1. The first-order valence-electron chi connectivity index (χ1n) is 14.5. The Morgan fingerprint density at radius 1 is 0.660 bits per heavy atom. The van der Waals surface area contributed by atoms with Crippen LogP contribution in [0.5, 0.6) is 0 Å². The molecule has 2 heterocycles. The van der Waals surface area contributed by atoms with E-state index in [-0.39, 0.29) is 23.7 Å². The molecule has 4 aromatic carbocycles. The zero-order valence-corrected chi connectivity index (χ0v) is 24.9. The fraction of sp³-hybridized carbons (Fsp3) is 0.111. The van der Waals surface area contributed by atoms with Crippen molar-refractivity contribution >= 4 is 6.08 Å². The minimum absolute atomic E-state index is 0.157. The highest BCUT2D eigenvalue weighted by Gasteiger charge is 2.20. The van der Waals surface area contributed by atoms with Crippen LogP contribution in [0.25, 0.3) is 6.08 Å². The van der Waals surface area contributed by atoms with Gasteiger partial charge in [0.05, 0.1) is 41.5 Å². The topological polar surface area (TPSA) is 129 Å². The number of aliphatic hydroxyl groups excluding tert-OH is 1. The Kier molecular flexibility index (Phi) is 10.7. The monoisotopic (exact) mass is 626 g/mol. The maximum absolute atomic E-state index is 13.0. The van der Waals surface area contributed by atoms with Gasteiger partial charge in [-0.15, -0.1) is 0 Å². The number of aromatic nitrogens is 6. The highest BCUT2D eigenvalue weighted by Crippen LogP contribution is 2.29. The molecule has 6 rings (SSSR count). The first-order chi connectivity index (χ1) is 22.9. The van der Waals surface area contributed by atoms with Gasteiger partial charge < -0.3 is 5.11 Å². The number of allylic oxidation sites excluding steroid dienone is 1. The molecule has 1 N–H and O–H groups in total. The molecule has 0 aliphatic carbocycles. The number of nitriles is 2. The summed E-state index contributed by atoms with van der Waals surface area (Å²) in [4.78, 5) is 7.95. The van der Waals surface area contributed by atoms with Crippen LogP contribution < -0.4 is 0 Å². The van der Waals surface area contributed by atoms with Crippen LogP contribution in [0.1, 0.15) is 58.0 Å². The first-order valence-corrected chi connectivity index (χ1v) is 14.5. The van der Waals surface area contributed by atoms with Gasteiger partial charge in [0, 0.05) is 6.42 Å². The molecule has 9 nitrogen and oxygen atoms in total. The van der Waals surface area contributed by atoms with Crippen molar-refractivity contribution in [3.63, 3.8) is 0 Å². The summed E-state index contributed by atoms with van der Waals surface area (Å²) >= 11 is 0. The van der Waals surface area contributed by atoms with Gasteiger partial charge in [0.1, 0.15) is 36.9 Å². The molecule has 3 unspecified atom stereocenters. The molecule has 6 aromatic rings. The molecule has 0 bridgehead atoms. The van der Waals surface area contributed by atoms with E-state index in [1.54, 1.807) is 70.5 Å². The zero-order chi connectivity index (χ0) is 33.0. The molecule has 47 heavy (non-hydrogen) atoms. The van der Waals surface area contributed by atoms with Gasteiger partial charge in [-0.25, -0.2) is 28.1 Å². The highest BCUT2D eigenvalue weighted by atomic mass is 19.1. The summed E-state index contributed by atoms with van der Waals surface area (Å²) in [6, 6.07) is 30.3. The molecular weight excluding hydrogens is 598 g/mol. The van der Waals surface area contributed by atoms with Crippen molar-refractivity contribution in [3.8, 4) is 12.1 Å². The minimum Gasteiger partial charge on any atom is -0.388 e. The van der Waals surface area contributed by atoms with E-state index in [1.807, 2.05) is 36.4 Å². The zero-order valence-electron chi connectivity index (χ0n) is 24.9. The summed E-state index contributed by atoms with van der Waals surface area (Å²) < 4.78 is 29.4. The minimum atomic E-state index is -0.782. The van der Waals surface area contributed by atoms with E-state index in [9.17, 15) is 13.9 Å². The molecule has 232 valence electrons. The number of rotatable bonds is 9. The van der Waals surface area contributed by atoms with E-state index in [2.05, 4.69) is 32.3 Å². The smallest absolute Gasteiger partial charge is 0.137 e. The van der Waals surface area contributed by atoms with Crippen molar-refractivity contribution in [1.29, 1.82) is 10.5 Å². The van der Waals surface area contributed by atoms with E-state index < -0.39 is 6.10 Å². The Morgan fingerprint density at radius 2 is 1.15 bits per heavy atom. The number of halogens is 2. The summed E-state index contributed by atoms with van der Waals surface area (Å²) in [5.74, 6) is -0.604. The second-order valence-electron chi connectivity index (χ2n) is 10.4. The molecule has 0 saturated carbocycles. The third-order valence-corrected chi connectivity index (χ3v) is 7.33. The van der Waals surface area contributed by atoms with Crippen LogP contribution in [-0.4, -0.2) is 34.6 Å². The Bertz CT molecular complexity index is 1940. The average molecular weight is 627 g/mol. The van der Waals surface area contributed by atoms with Crippen LogP contribution in [0.4, 0.5) is 8.78 Å². The van der Waals surface area contributed by atoms with Crippen LogP contribution in [0, 0.1) is 34.3 Å². The van der Waals surface area contributed by atoms with Crippen molar-refractivity contribution < 1.29 is 13.9 Å². The summed E-state index contributed by atoms with van der Waals surface area (Å²) in [5.41, 5.74) is 4.58. The molecule has 0 aliphatic heterocycles. The summed E-state index contributed by atoms with van der Waals surface area (Å²) in [6.07, 6.45) is 9.56. The van der Waals surface area contributed by atoms with Crippen LogP contribution in [0.15, 0.2) is 128 Å². The molecule has 3 atom stereocenters. The standard InChI is InChI=1S/C18H15FN4O.C18H13FN4/c19-16-7-5-15(6-8-16)18(24)9-17(23-12-21-11-22-23)14-3-1-13(10-20)2-4-14;19-17-8-3-14(4-9-17)5-10-18(23-13-21-12-22-23)16-6-1-15(11-20)2-7-16/h1-8,11-12,17-18,24H,9H2;1-10,12-13,18H. The quantitative estimate of drug-likeness (QED) is 0.192. The van der Waals surface area contributed by atoms with Gasteiger partial charge in [0.2, 0.25) is 0 Å². The largest absolute Gasteiger partial charge is 0.388 e. The van der Waals surface area contributed by atoms with Crippen LogP contribution in [-0.2, 0) is 0 Å². The lowest BCUT2D eigenvalue weighted by atomic mass is 9.96. The Hall–Kier alpha value is -6.30. The molecule has 11 heteroatoms. The van der Waals surface area contributed by atoms with E-state index in [0.29, 0.717) is 23.1 Å². The molecule has 0 fully saturated rings. The third-order valence-electron chi connectivity index (χ3n) is 7.33. The average Bonchev–Trinajstić information content (AvgIpc) is 3.85. The lowest BCUT2D eigenvalue weighted by molar-refractivity contribution is 0.150. The molecule has 0 aliphatic rings. The highest BCUT2D eigenvalue weighted by molar-refractivity contribution is 5.51. The maximum Gasteiger partial charge on any atom is 0.137 e. The number of benzene rings is 4. The first kappa shape index (κ1) is 32.1. The van der Waals surface area contributed by atoms with Crippen LogP contribution in [0.2, 0.25) is 0 Å². The van der Waals surface area contributed by atoms with E-state index in [4.69, 9.17) is 10.5 Å². The van der Waals surface area contributed by atoms with Gasteiger partial charge in [-0.3, -0.25) is 0 Å². The molecule has 0 amide bonds. The van der Waals surface area contributed by atoms with E-state index in [0.717, 1.165) is 16.7 Å². The van der Waals surface area contributed by atoms with Gasteiger partial charge in [-0.05, 0) is 70.8 Å². The number of aliphatic hydroxyl groups is 1. The Labute approximate surface area is 270 Å². The molecule has 0 saturated heterocycles. The van der Waals surface area contributed by atoms with Gasteiger partial charge >= 0.3 is 0 Å². The van der Waals surface area contributed by atoms with Crippen LogP contribution in [0.3, 0.4) is 0 Å². The molecule has 0 radical (unpaired) electrons.